The van der Waals surface area contributed by atoms with Crippen LogP contribution in [0.3, 0.4) is 0 Å². The third kappa shape index (κ3) is 4.96. The standard InChI is InChI=1S/C13H21NO/c1-11(2)14-13(10-15)9-8-12-6-4-3-5-7-12/h3-7,11,13-15H,8-10H2,1-2H3. The monoisotopic (exact) mass is 207 g/mol. The molecule has 84 valence electrons. The van der Waals surface area contributed by atoms with Gasteiger partial charge >= 0.3 is 0 Å². The lowest BCUT2D eigenvalue weighted by atomic mass is 10.1. The van der Waals surface area contributed by atoms with Crippen molar-refractivity contribution in [2.75, 3.05) is 6.61 Å². The van der Waals surface area contributed by atoms with Crippen molar-refractivity contribution in [3.05, 3.63) is 35.9 Å². The summed E-state index contributed by atoms with van der Waals surface area (Å²) in [5, 5.41) is 12.5. The Kier molecular flexibility index (Phi) is 5.37. The average Bonchev–Trinajstić information content (AvgIpc) is 2.25. The van der Waals surface area contributed by atoms with Crippen LogP contribution >= 0.6 is 0 Å². The first-order valence-corrected chi connectivity index (χ1v) is 5.63. The Hall–Kier alpha value is -0.860. The zero-order valence-electron chi connectivity index (χ0n) is 9.61. The second kappa shape index (κ2) is 6.59. The first kappa shape index (κ1) is 12.2. The van der Waals surface area contributed by atoms with E-state index in [1.807, 2.05) is 6.07 Å². The summed E-state index contributed by atoms with van der Waals surface area (Å²) in [5.74, 6) is 0. The summed E-state index contributed by atoms with van der Waals surface area (Å²) in [5.41, 5.74) is 1.33. The van der Waals surface area contributed by atoms with Crippen LogP contribution in [0.15, 0.2) is 30.3 Å². The van der Waals surface area contributed by atoms with Crippen LogP contribution < -0.4 is 5.32 Å². The highest BCUT2D eigenvalue weighted by Gasteiger charge is 2.07. The molecule has 0 amide bonds. The molecule has 0 heterocycles. The molecule has 0 spiro atoms. The Morgan fingerprint density at radius 3 is 2.40 bits per heavy atom. The third-order valence-corrected chi connectivity index (χ3v) is 2.41. The van der Waals surface area contributed by atoms with E-state index in [0.717, 1.165) is 12.8 Å². The molecular weight excluding hydrogens is 186 g/mol. The molecule has 2 nitrogen and oxygen atoms in total. The number of hydrogen-bond acceptors (Lipinski definition) is 2. The van der Waals surface area contributed by atoms with Crippen LogP contribution in [-0.4, -0.2) is 23.8 Å². The van der Waals surface area contributed by atoms with Gasteiger partial charge in [0.25, 0.3) is 0 Å². The number of nitrogens with one attached hydrogen (secondary N) is 1. The maximum absolute atomic E-state index is 9.19. The maximum atomic E-state index is 9.19. The molecule has 0 aliphatic carbocycles. The van der Waals surface area contributed by atoms with Gasteiger partial charge in [0.05, 0.1) is 6.61 Å². The van der Waals surface area contributed by atoms with Crippen LogP contribution in [0.5, 0.6) is 0 Å². The van der Waals surface area contributed by atoms with E-state index in [4.69, 9.17) is 0 Å². The molecule has 0 saturated heterocycles. The highest BCUT2D eigenvalue weighted by atomic mass is 16.3. The Morgan fingerprint density at radius 2 is 1.87 bits per heavy atom. The number of benzene rings is 1. The largest absolute Gasteiger partial charge is 0.395 e. The fourth-order valence-electron chi connectivity index (χ4n) is 1.68. The molecule has 2 N–H and O–H groups in total. The van der Waals surface area contributed by atoms with Gasteiger partial charge in [0.2, 0.25) is 0 Å². The summed E-state index contributed by atoms with van der Waals surface area (Å²) in [4.78, 5) is 0. The zero-order chi connectivity index (χ0) is 11.1. The predicted octanol–water partition coefficient (Wildman–Crippen LogP) is 1.98. The van der Waals surface area contributed by atoms with Crippen molar-refractivity contribution >= 4 is 0 Å². The molecule has 1 aromatic rings. The van der Waals surface area contributed by atoms with E-state index in [0.29, 0.717) is 6.04 Å². The summed E-state index contributed by atoms with van der Waals surface area (Å²) < 4.78 is 0. The summed E-state index contributed by atoms with van der Waals surface area (Å²) in [6, 6.07) is 11.0. The number of aliphatic hydroxyl groups is 1. The summed E-state index contributed by atoms with van der Waals surface area (Å²) in [7, 11) is 0. The van der Waals surface area contributed by atoms with E-state index < -0.39 is 0 Å². The topological polar surface area (TPSA) is 32.3 Å². The Bertz CT molecular complexity index is 258. The molecule has 15 heavy (non-hydrogen) atoms. The van der Waals surface area contributed by atoms with Crippen molar-refractivity contribution in [2.45, 2.75) is 38.8 Å². The van der Waals surface area contributed by atoms with Gasteiger partial charge in [0.1, 0.15) is 0 Å². The van der Waals surface area contributed by atoms with Gasteiger partial charge in [0, 0.05) is 12.1 Å². The summed E-state index contributed by atoms with van der Waals surface area (Å²) >= 11 is 0. The minimum Gasteiger partial charge on any atom is -0.395 e. The van der Waals surface area contributed by atoms with Crippen molar-refractivity contribution < 1.29 is 5.11 Å². The van der Waals surface area contributed by atoms with Gasteiger partial charge in [-0.2, -0.15) is 0 Å². The quantitative estimate of drug-likeness (QED) is 0.747. The summed E-state index contributed by atoms with van der Waals surface area (Å²) in [6.45, 7) is 4.42. The Morgan fingerprint density at radius 1 is 1.20 bits per heavy atom. The minimum atomic E-state index is 0.213. The van der Waals surface area contributed by atoms with E-state index in [9.17, 15) is 5.11 Å². The molecule has 0 radical (unpaired) electrons. The van der Waals surface area contributed by atoms with Crippen molar-refractivity contribution in [1.29, 1.82) is 0 Å². The van der Waals surface area contributed by atoms with E-state index in [-0.39, 0.29) is 12.6 Å². The zero-order valence-corrected chi connectivity index (χ0v) is 9.61. The first-order chi connectivity index (χ1) is 7.22. The lowest BCUT2D eigenvalue weighted by molar-refractivity contribution is 0.228. The van der Waals surface area contributed by atoms with Crippen LogP contribution in [0.2, 0.25) is 0 Å². The van der Waals surface area contributed by atoms with E-state index in [1.165, 1.54) is 5.56 Å². The molecule has 1 rings (SSSR count). The van der Waals surface area contributed by atoms with E-state index >= 15 is 0 Å². The second-order valence-corrected chi connectivity index (χ2v) is 4.23. The summed E-state index contributed by atoms with van der Waals surface area (Å²) in [6.07, 6.45) is 2.00. The molecule has 2 heteroatoms. The van der Waals surface area contributed by atoms with Crippen molar-refractivity contribution in [3.8, 4) is 0 Å². The van der Waals surface area contributed by atoms with Gasteiger partial charge in [-0.1, -0.05) is 44.2 Å². The second-order valence-electron chi connectivity index (χ2n) is 4.23. The van der Waals surface area contributed by atoms with Gasteiger partial charge in [-0.3, -0.25) is 0 Å². The van der Waals surface area contributed by atoms with E-state index in [1.54, 1.807) is 0 Å². The molecule has 0 saturated carbocycles. The van der Waals surface area contributed by atoms with Crippen molar-refractivity contribution in [1.82, 2.24) is 5.32 Å². The Balaban J connectivity index is 2.34. The van der Waals surface area contributed by atoms with Crippen LogP contribution in [0.4, 0.5) is 0 Å². The maximum Gasteiger partial charge on any atom is 0.0584 e. The van der Waals surface area contributed by atoms with Crippen molar-refractivity contribution in [2.24, 2.45) is 0 Å². The van der Waals surface area contributed by atoms with Crippen LogP contribution in [-0.2, 0) is 6.42 Å². The third-order valence-electron chi connectivity index (χ3n) is 2.41. The fraction of sp³-hybridized carbons (Fsp3) is 0.538. The highest BCUT2D eigenvalue weighted by Crippen LogP contribution is 2.05. The van der Waals surface area contributed by atoms with Gasteiger partial charge in [-0.05, 0) is 18.4 Å². The number of hydrogen-bond donors (Lipinski definition) is 2. The normalized spacial score (nSPS) is 13.1. The van der Waals surface area contributed by atoms with Gasteiger partial charge in [0.15, 0.2) is 0 Å². The number of aryl methyl sites for hydroxylation is 1. The minimum absolute atomic E-state index is 0.213. The lowest BCUT2D eigenvalue weighted by Gasteiger charge is -2.18. The highest BCUT2D eigenvalue weighted by molar-refractivity contribution is 5.14. The van der Waals surface area contributed by atoms with Crippen molar-refractivity contribution in [3.63, 3.8) is 0 Å². The van der Waals surface area contributed by atoms with Gasteiger partial charge in [-0.25, -0.2) is 0 Å². The molecule has 1 atom stereocenters. The first-order valence-electron chi connectivity index (χ1n) is 5.63. The average molecular weight is 207 g/mol. The number of aliphatic hydroxyl groups excluding tert-OH is 1. The molecule has 0 aromatic heterocycles. The molecule has 0 aliphatic rings. The number of rotatable bonds is 6. The Labute approximate surface area is 92.3 Å². The molecule has 0 bridgehead atoms. The lowest BCUT2D eigenvalue weighted by Crippen LogP contribution is -2.37. The predicted molar refractivity (Wildman–Crippen MR) is 63.9 cm³/mol. The van der Waals surface area contributed by atoms with Crippen LogP contribution in [0, 0.1) is 0 Å². The fourth-order valence-corrected chi connectivity index (χ4v) is 1.68. The van der Waals surface area contributed by atoms with Gasteiger partial charge < -0.3 is 10.4 Å². The molecule has 0 fully saturated rings. The molecule has 0 aliphatic heterocycles. The molecular formula is C13H21NO. The van der Waals surface area contributed by atoms with Crippen LogP contribution in [0.1, 0.15) is 25.8 Å². The molecule has 1 aromatic carbocycles. The van der Waals surface area contributed by atoms with E-state index in [2.05, 4.69) is 43.4 Å². The smallest absolute Gasteiger partial charge is 0.0584 e. The van der Waals surface area contributed by atoms with Gasteiger partial charge in [-0.15, -0.1) is 0 Å². The van der Waals surface area contributed by atoms with Crippen LogP contribution in [0.25, 0.3) is 0 Å². The SMILES string of the molecule is CC(C)NC(CO)CCc1ccccc1. The molecule has 1 unspecified atom stereocenters.